The van der Waals surface area contributed by atoms with Gasteiger partial charge in [-0.1, -0.05) is 29.8 Å². The summed E-state index contributed by atoms with van der Waals surface area (Å²) in [4.78, 5) is 19.1. The zero-order valence-electron chi connectivity index (χ0n) is 18.2. The molecule has 0 spiro atoms. The van der Waals surface area contributed by atoms with Crippen LogP contribution >= 0.6 is 11.6 Å². The number of fused-ring (bicyclic) bond motifs is 1. The van der Waals surface area contributed by atoms with Gasteiger partial charge in [-0.15, -0.1) is 0 Å². The summed E-state index contributed by atoms with van der Waals surface area (Å²) in [7, 11) is 2.02. The number of carbonyl (C=O) groups excluding carboxylic acids is 1. The smallest absolute Gasteiger partial charge is 0.255 e. The van der Waals surface area contributed by atoms with Crippen molar-refractivity contribution in [2.45, 2.75) is 12.5 Å². The third kappa shape index (κ3) is 4.36. The minimum Gasteiger partial charge on any atom is -0.377 e. The normalized spacial score (nSPS) is 16.3. The Kier molecular flexibility index (Phi) is 5.87. The van der Waals surface area contributed by atoms with Gasteiger partial charge in [-0.25, -0.2) is 9.37 Å². The number of ether oxygens (including phenoxy) is 1. The number of benzene rings is 2. The molecule has 0 bridgehead atoms. The Morgan fingerprint density at radius 2 is 1.94 bits per heavy atom. The van der Waals surface area contributed by atoms with Crippen LogP contribution in [0.1, 0.15) is 15.9 Å². The molecule has 4 aromatic rings. The molecule has 1 fully saturated rings. The number of rotatable bonds is 4. The Morgan fingerprint density at radius 1 is 1.15 bits per heavy atom. The molecule has 0 saturated carbocycles. The van der Waals surface area contributed by atoms with Crippen molar-refractivity contribution in [3.63, 3.8) is 0 Å². The fourth-order valence-electron chi connectivity index (χ4n) is 4.47. The van der Waals surface area contributed by atoms with Gasteiger partial charge < -0.3 is 14.2 Å². The van der Waals surface area contributed by atoms with Gasteiger partial charge in [0.05, 0.1) is 24.8 Å². The minimum absolute atomic E-state index is 0.0697. The van der Waals surface area contributed by atoms with Crippen LogP contribution < -0.4 is 0 Å². The van der Waals surface area contributed by atoms with Crippen LogP contribution in [0.15, 0.2) is 67.0 Å². The maximum atomic E-state index is 13.4. The summed E-state index contributed by atoms with van der Waals surface area (Å²) < 4.78 is 21.2. The van der Waals surface area contributed by atoms with Gasteiger partial charge in [0.1, 0.15) is 11.0 Å². The number of hydrogen-bond acceptors (Lipinski definition) is 3. The standard InChI is InChI=1S/C26H23ClFN3O2/c1-30-15-20(23-13-18(4-8-24(23)30)17-2-6-21(28)7-3-17)12-22-16-33-11-10-31(22)26(32)19-5-9-25(27)29-14-19/h2-9,13-15,22H,10-12,16H2,1H3/t22-/m0/s1. The highest BCUT2D eigenvalue weighted by Gasteiger charge is 2.29. The van der Waals surface area contributed by atoms with E-state index in [1.54, 1.807) is 24.3 Å². The molecule has 2 aromatic heterocycles. The topological polar surface area (TPSA) is 47.4 Å². The minimum atomic E-state index is -0.252. The Morgan fingerprint density at radius 3 is 2.70 bits per heavy atom. The van der Waals surface area contributed by atoms with Crippen molar-refractivity contribution >= 4 is 28.4 Å². The highest BCUT2D eigenvalue weighted by molar-refractivity contribution is 6.29. The van der Waals surface area contributed by atoms with Crippen LogP contribution in [0, 0.1) is 5.82 Å². The van der Waals surface area contributed by atoms with E-state index in [1.165, 1.54) is 18.3 Å². The molecule has 1 aliphatic rings. The lowest BCUT2D eigenvalue weighted by Gasteiger charge is -2.35. The van der Waals surface area contributed by atoms with Gasteiger partial charge >= 0.3 is 0 Å². The number of halogens is 2. The molecule has 7 heteroatoms. The summed E-state index contributed by atoms with van der Waals surface area (Å²) in [6.45, 7) is 1.51. The first kappa shape index (κ1) is 21.6. The number of aromatic nitrogens is 2. The van der Waals surface area contributed by atoms with Gasteiger partial charge in [0, 0.05) is 36.9 Å². The SMILES string of the molecule is Cn1cc(C[C@H]2COCCN2C(=O)c2ccc(Cl)nc2)c2cc(-c3ccc(F)cc3)ccc21. The van der Waals surface area contributed by atoms with Crippen LogP contribution in [0.3, 0.4) is 0 Å². The van der Waals surface area contributed by atoms with Crippen molar-refractivity contribution in [2.24, 2.45) is 7.05 Å². The Hall–Kier alpha value is -3.22. The van der Waals surface area contributed by atoms with Crippen LogP contribution in [0.4, 0.5) is 4.39 Å². The summed E-state index contributed by atoms with van der Waals surface area (Å²) in [5.41, 5.74) is 4.74. The maximum absolute atomic E-state index is 13.4. The van der Waals surface area contributed by atoms with Gasteiger partial charge in [0.2, 0.25) is 0 Å². The monoisotopic (exact) mass is 463 g/mol. The van der Waals surface area contributed by atoms with E-state index >= 15 is 0 Å². The largest absolute Gasteiger partial charge is 0.377 e. The number of aryl methyl sites for hydroxylation is 1. The number of amides is 1. The van der Waals surface area contributed by atoms with E-state index in [1.807, 2.05) is 18.0 Å². The van der Waals surface area contributed by atoms with Crippen molar-refractivity contribution in [3.8, 4) is 11.1 Å². The number of hydrogen-bond donors (Lipinski definition) is 0. The summed E-state index contributed by atoms with van der Waals surface area (Å²) in [6, 6.07) is 16.0. The van der Waals surface area contributed by atoms with Crippen LogP contribution in [0.25, 0.3) is 22.0 Å². The van der Waals surface area contributed by atoms with E-state index in [9.17, 15) is 9.18 Å². The summed E-state index contributed by atoms with van der Waals surface area (Å²) in [5, 5.41) is 1.48. The predicted octanol–water partition coefficient (Wildman–Crippen LogP) is 5.12. The molecule has 0 aliphatic carbocycles. The summed E-state index contributed by atoms with van der Waals surface area (Å²) in [5.74, 6) is -0.321. The van der Waals surface area contributed by atoms with Crippen LogP contribution in [0.5, 0.6) is 0 Å². The number of nitrogens with zero attached hydrogens (tertiary/aromatic N) is 3. The molecule has 3 heterocycles. The molecule has 0 unspecified atom stereocenters. The van der Waals surface area contributed by atoms with Crippen molar-refractivity contribution < 1.29 is 13.9 Å². The van der Waals surface area contributed by atoms with Gasteiger partial charge in [0.15, 0.2) is 0 Å². The molecule has 2 aromatic carbocycles. The summed E-state index contributed by atoms with van der Waals surface area (Å²) in [6.07, 6.45) is 4.29. The molecule has 0 N–H and O–H groups in total. The second-order valence-electron chi connectivity index (χ2n) is 8.31. The van der Waals surface area contributed by atoms with Crippen molar-refractivity contribution in [1.82, 2.24) is 14.5 Å². The van der Waals surface area contributed by atoms with E-state index in [0.717, 1.165) is 27.6 Å². The number of carbonyl (C=O) groups is 1. The van der Waals surface area contributed by atoms with E-state index in [2.05, 4.69) is 27.9 Å². The third-order valence-electron chi connectivity index (χ3n) is 6.17. The lowest BCUT2D eigenvalue weighted by molar-refractivity contribution is -0.00158. The lowest BCUT2D eigenvalue weighted by atomic mass is 9.99. The molecule has 33 heavy (non-hydrogen) atoms. The first-order valence-corrected chi connectivity index (χ1v) is 11.2. The third-order valence-corrected chi connectivity index (χ3v) is 6.39. The predicted molar refractivity (Wildman–Crippen MR) is 127 cm³/mol. The van der Waals surface area contributed by atoms with Crippen LogP contribution in [-0.4, -0.2) is 46.2 Å². The van der Waals surface area contributed by atoms with Gasteiger partial charge in [0.25, 0.3) is 5.91 Å². The molecule has 1 atom stereocenters. The van der Waals surface area contributed by atoms with Gasteiger partial charge in [-0.05, 0) is 59.5 Å². The fraction of sp³-hybridized carbons (Fsp3) is 0.231. The second-order valence-corrected chi connectivity index (χ2v) is 8.69. The first-order valence-electron chi connectivity index (χ1n) is 10.8. The van der Waals surface area contributed by atoms with Crippen molar-refractivity contribution in [2.75, 3.05) is 19.8 Å². The Bertz CT molecular complexity index is 1300. The first-order chi connectivity index (χ1) is 16.0. The average Bonchev–Trinajstić information content (AvgIpc) is 3.14. The molecular formula is C26H23ClFN3O2. The van der Waals surface area contributed by atoms with Crippen molar-refractivity contribution in [1.29, 1.82) is 0 Å². The second kappa shape index (κ2) is 8.96. The molecule has 5 rings (SSSR count). The van der Waals surface area contributed by atoms with Crippen molar-refractivity contribution in [3.05, 3.63) is 89.1 Å². The molecule has 5 nitrogen and oxygen atoms in total. The molecule has 0 radical (unpaired) electrons. The van der Waals surface area contributed by atoms with E-state index in [0.29, 0.717) is 36.9 Å². The molecule has 168 valence electrons. The maximum Gasteiger partial charge on any atom is 0.255 e. The van der Waals surface area contributed by atoms with Crippen LogP contribution in [0.2, 0.25) is 5.15 Å². The molecule has 1 aliphatic heterocycles. The molecular weight excluding hydrogens is 441 g/mol. The van der Waals surface area contributed by atoms with E-state index in [4.69, 9.17) is 16.3 Å². The van der Waals surface area contributed by atoms with Gasteiger partial charge in [-0.2, -0.15) is 0 Å². The molecule has 1 amide bonds. The Balaban J connectivity index is 1.46. The Labute approximate surface area is 196 Å². The quantitative estimate of drug-likeness (QED) is 0.395. The highest BCUT2D eigenvalue weighted by Crippen LogP contribution is 2.29. The van der Waals surface area contributed by atoms with Gasteiger partial charge in [-0.3, -0.25) is 4.79 Å². The summed E-state index contributed by atoms with van der Waals surface area (Å²) >= 11 is 5.88. The molecule has 1 saturated heterocycles. The lowest BCUT2D eigenvalue weighted by Crippen LogP contribution is -2.49. The van der Waals surface area contributed by atoms with Crippen LogP contribution in [-0.2, 0) is 18.2 Å². The highest BCUT2D eigenvalue weighted by atomic mass is 35.5. The van der Waals surface area contributed by atoms with E-state index in [-0.39, 0.29) is 17.8 Å². The number of pyridine rings is 1. The van der Waals surface area contributed by atoms with E-state index < -0.39 is 0 Å². The zero-order valence-corrected chi connectivity index (χ0v) is 18.9. The number of morpholine rings is 1. The fourth-order valence-corrected chi connectivity index (χ4v) is 4.58. The zero-order chi connectivity index (χ0) is 22.9. The average molecular weight is 464 g/mol.